The van der Waals surface area contributed by atoms with E-state index >= 15 is 0 Å². The molecule has 0 radical (unpaired) electrons. The van der Waals surface area contributed by atoms with Crippen LogP contribution in [0.1, 0.15) is 44.9 Å². The average molecular weight is 360 g/mol. The molecule has 2 rings (SSSR count). The molecule has 4 nitrogen and oxygen atoms in total. The van der Waals surface area contributed by atoms with Gasteiger partial charge >= 0.3 is 6.18 Å². The normalized spacial score (nSPS) is 23.2. The molecule has 24 heavy (non-hydrogen) atoms. The molecule has 132 valence electrons. The van der Waals surface area contributed by atoms with Gasteiger partial charge in [0, 0.05) is 0 Å². The summed E-state index contributed by atoms with van der Waals surface area (Å²) in [6.45, 7) is 6.13. The van der Waals surface area contributed by atoms with Gasteiger partial charge < -0.3 is 10.4 Å². The Labute approximate surface area is 142 Å². The third kappa shape index (κ3) is 3.44. The van der Waals surface area contributed by atoms with E-state index in [1.807, 2.05) is 0 Å². The fraction of sp³-hybridized carbons (Fsp3) is 0.500. The summed E-state index contributed by atoms with van der Waals surface area (Å²) in [6.07, 6.45) is -4.46. The first-order valence-corrected chi connectivity index (χ1v) is 8.15. The Morgan fingerprint density at radius 1 is 1.29 bits per heavy atom. The second kappa shape index (κ2) is 6.07. The maximum absolute atomic E-state index is 13.1. The van der Waals surface area contributed by atoms with Crippen molar-refractivity contribution in [1.29, 1.82) is 0 Å². The molecule has 1 amide bonds. The Bertz CT molecular complexity index is 683. The van der Waals surface area contributed by atoms with Gasteiger partial charge in [-0.1, -0.05) is 30.0 Å². The molecular formula is C16H19F3N2O2S. The molecule has 1 aliphatic heterocycles. The van der Waals surface area contributed by atoms with Crippen LogP contribution < -0.4 is 5.32 Å². The highest BCUT2D eigenvalue weighted by Gasteiger charge is 2.52. The number of hydrogen-bond acceptors (Lipinski definition) is 4. The van der Waals surface area contributed by atoms with Crippen molar-refractivity contribution in [2.45, 2.75) is 50.3 Å². The Hall–Kier alpha value is -1.54. The number of amidine groups is 1. The number of carbonyl (C=O) groups is 1. The first-order valence-electron chi connectivity index (χ1n) is 7.33. The van der Waals surface area contributed by atoms with Crippen molar-refractivity contribution in [3.63, 3.8) is 0 Å². The zero-order valence-electron chi connectivity index (χ0n) is 13.7. The Kier molecular flexibility index (Phi) is 4.76. The minimum absolute atomic E-state index is 0.0672. The summed E-state index contributed by atoms with van der Waals surface area (Å²) < 4.78 is 38.2. The number of nitrogens with zero attached hydrogens (tertiary/aromatic N) is 1. The number of halogens is 3. The number of rotatable bonds is 3. The highest BCUT2D eigenvalue weighted by Crippen LogP contribution is 2.42. The van der Waals surface area contributed by atoms with Crippen molar-refractivity contribution in [3.8, 4) is 0 Å². The first-order chi connectivity index (χ1) is 10.9. The van der Waals surface area contributed by atoms with Gasteiger partial charge in [0.25, 0.3) is 5.91 Å². The molecule has 1 aliphatic rings. The number of nitrogens with one attached hydrogen (secondary N) is 1. The van der Waals surface area contributed by atoms with Gasteiger partial charge in [0.2, 0.25) is 0 Å². The number of carbonyl (C=O) groups excluding carboxylic acids is 1. The monoisotopic (exact) mass is 360 g/mol. The highest BCUT2D eigenvalue weighted by atomic mass is 32.2. The lowest BCUT2D eigenvalue weighted by molar-refractivity contribution is -0.138. The van der Waals surface area contributed by atoms with E-state index in [-0.39, 0.29) is 10.7 Å². The molecule has 2 atom stereocenters. The van der Waals surface area contributed by atoms with Gasteiger partial charge in [-0.3, -0.25) is 4.79 Å². The first kappa shape index (κ1) is 18.8. The lowest BCUT2D eigenvalue weighted by Gasteiger charge is -2.33. The van der Waals surface area contributed by atoms with Crippen LogP contribution in [0.3, 0.4) is 0 Å². The SMILES string of the molecule is C[C@H](NC1=NC(=O)[C@@](C)(C(C)(C)O)S1)c1ccccc1C(F)(F)F. The summed E-state index contributed by atoms with van der Waals surface area (Å²) >= 11 is 1.02. The van der Waals surface area contributed by atoms with Crippen LogP contribution >= 0.6 is 11.8 Å². The van der Waals surface area contributed by atoms with E-state index in [4.69, 9.17) is 0 Å². The molecule has 0 aliphatic carbocycles. The third-order valence-corrected chi connectivity index (χ3v) is 5.64. The van der Waals surface area contributed by atoms with E-state index in [1.165, 1.54) is 32.0 Å². The second-order valence-corrected chi connectivity index (χ2v) is 7.77. The Balaban J connectivity index is 2.23. The Morgan fingerprint density at radius 2 is 1.88 bits per heavy atom. The number of amides is 1. The summed E-state index contributed by atoms with van der Waals surface area (Å²) in [7, 11) is 0. The minimum atomic E-state index is -4.46. The predicted molar refractivity (Wildman–Crippen MR) is 87.7 cm³/mol. The smallest absolute Gasteiger partial charge is 0.388 e. The predicted octanol–water partition coefficient (Wildman–Crippen LogP) is 3.52. The number of aliphatic hydroxyl groups is 1. The van der Waals surface area contributed by atoms with Crippen LogP contribution in [-0.4, -0.2) is 26.5 Å². The van der Waals surface area contributed by atoms with Gasteiger partial charge in [-0.15, -0.1) is 0 Å². The van der Waals surface area contributed by atoms with Gasteiger partial charge in [-0.25, -0.2) is 0 Å². The topological polar surface area (TPSA) is 61.7 Å². The van der Waals surface area contributed by atoms with E-state index in [2.05, 4.69) is 10.3 Å². The molecular weight excluding hydrogens is 341 g/mol. The molecule has 0 unspecified atom stereocenters. The van der Waals surface area contributed by atoms with Crippen LogP contribution in [-0.2, 0) is 11.0 Å². The molecule has 1 aromatic carbocycles. The largest absolute Gasteiger partial charge is 0.416 e. The molecule has 0 spiro atoms. The fourth-order valence-corrected chi connectivity index (χ4v) is 3.44. The van der Waals surface area contributed by atoms with Crippen molar-refractivity contribution >= 4 is 22.8 Å². The van der Waals surface area contributed by atoms with Crippen molar-refractivity contribution in [1.82, 2.24) is 5.32 Å². The van der Waals surface area contributed by atoms with Gasteiger partial charge in [0.1, 0.15) is 4.75 Å². The quantitative estimate of drug-likeness (QED) is 0.866. The van der Waals surface area contributed by atoms with Crippen molar-refractivity contribution in [2.24, 2.45) is 4.99 Å². The molecule has 0 saturated carbocycles. The summed E-state index contributed by atoms with van der Waals surface area (Å²) in [5.41, 5.74) is -1.99. The lowest BCUT2D eigenvalue weighted by atomic mass is 9.91. The molecule has 1 aromatic rings. The zero-order valence-corrected chi connectivity index (χ0v) is 14.5. The van der Waals surface area contributed by atoms with E-state index in [9.17, 15) is 23.1 Å². The second-order valence-electron chi connectivity index (χ2n) is 6.37. The van der Waals surface area contributed by atoms with E-state index < -0.39 is 34.0 Å². The van der Waals surface area contributed by atoms with Crippen LogP contribution in [0.15, 0.2) is 29.3 Å². The van der Waals surface area contributed by atoms with Gasteiger partial charge in [0.15, 0.2) is 5.17 Å². The Morgan fingerprint density at radius 3 is 2.38 bits per heavy atom. The van der Waals surface area contributed by atoms with Crippen LogP contribution in [0.25, 0.3) is 0 Å². The summed E-state index contributed by atoms with van der Waals surface area (Å²) in [5, 5.41) is 13.2. The maximum Gasteiger partial charge on any atom is 0.416 e. The number of aliphatic imine (C=N–C) groups is 1. The maximum atomic E-state index is 13.1. The molecule has 0 saturated heterocycles. The van der Waals surface area contributed by atoms with Gasteiger partial charge in [-0.2, -0.15) is 18.2 Å². The molecule has 8 heteroatoms. The molecule has 2 N–H and O–H groups in total. The summed E-state index contributed by atoms with van der Waals surface area (Å²) in [6, 6.07) is 4.56. The van der Waals surface area contributed by atoms with Crippen molar-refractivity contribution < 1.29 is 23.1 Å². The molecule has 0 bridgehead atoms. The van der Waals surface area contributed by atoms with Gasteiger partial charge in [0.05, 0.1) is 17.2 Å². The van der Waals surface area contributed by atoms with Crippen molar-refractivity contribution in [3.05, 3.63) is 35.4 Å². The van der Waals surface area contributed by atoms with E-state index in [1.54, 1.807) is 13.8 Å². The molecule has 0 fully saturated rings. The fourth-order valence-electron chi connectivity index (χ4n) is 2.30. The standard InChI is InChI=1S/C16H19F3N2O2S/c1-9(10-7-5-6-8-11(10)16(17,18)19)20-13-21-12(22)15(4,24-13)14(2,3)23/h5-9,23H,1-4H3,(H,20,21,22)/t9-,15-/m0/s1. The minimum Gasteiger partial charge on any atom is -0.388 e. The number of benzene rings is 1. The third-order valence-electron chi connectivity index (χ3n) is 4.15. The molecule has 0 aromatic heterocycles. The number of thioether (sulfide) groups is 1. The van der Waals surface area contributed by atoms with Crippen LogP contribution in [0.2, 0.25) is 0 Å². The average Bonchev–Trinajstić information content (AvgIpc) is 2.73. The van der Waals surface area contributed by atoms with Crippen LogP contribution in [0, 0.1) is 0 Å². The number of hydrogen-bond donors (Lipinski definition) is 2. The van der Waals surface area contributed by atoms with E-state index in [0.29, 0.717) is 0 Å². The van der Waals surface area contributed by atoms with E-state index in [0.717, 1.165) is 17.8 Å². The van der Waals surface area contributed by atoms with Crippen molar-refractivity contribution in [2.75, 3.05) is 0 Å². The highest BCUT2D eigenvalue weighted by molar-refractivity contribution is 8.16. The van der Waals surface area contributed by atoms with Crippen LogP contribution in [0.4, 0.5) is 13.2 Å². The zero-order chi connectivity index (χ0) is 18.3. The summed E-state index contributed by atoms with van der Waals surface area (Å²) in [4.78, 5) is 16.0. The van der Waals surface area contributed by atoms with Gasteiger partial charge in [-0.05, 0) is 39.3 Å². The van der Waals surface area contributed by atoms with Crippen LogP contribution in [0.5, 0.6) is 0 Å². The number of alkyl halides is 3. The molecule has 1 heterocycles. The summed E-state index contributed by atoms with van der Waals surface area (Å²) in [5.74, 6) is -0.515. The lowest BCUT2D eigenvalue weighted by Crippen LogP contribution is -2.49.